The van der Waals surface area contributed by atoms with Crippen LogP contribution in [0, 0.1) is 5.41 Å². The molecule has 6 rings (SSSR count). The van der Waals surface area contributed by atoms with Gasteiger partial charge in [0, 0.05) is 43.8 Å². The maximum atomic E-state index is 13.0. The zero-order valence-electron chi connectivity index (χ0n) is 21.8. The minimum absolute atomic E-state index is 0.152. The van der Waals surface area contributed by atoms with Crippen molar-refractivity contribution in [2.75, 3.05) is 31.6 Å². The van der Waals surface area contributed by atoms with E-state index in [0.29, 0.717) is 29.0 Å². The number of hydrogen-bond donors (Lipinski definition) is 3. The van der Waals surface area contributed by atoms with Crippen LogP contribution < -0.4 is 10.6 Å². The molecule has 0 bridgehead atoms. The minimum Gasteiger partial charge on any atom is -0.379 e. The number of amides is 2. The quantitative estimate of drug-likeness (QED) is 0.345. The Balaban J connectivity index is 1.43. The number of halogens is 3. The number of aromatic amines is 1. The van der Waals surface area contributed by atoms with Gasteiger partial charge in [-0.1, -0.05) is 36.4 Å². The molecule has 208 valence electrons. The molecule has 11 heteroatoms. The third-order valence-electron chi connectivity index (χ3n) is 8.35. The van der Waals surface area contributed by atoms with Crippen LogP contribution in [0.15, 0.2) is 48.7 Å². The maximum absolute atomic E-state index is 13.0. The number of rotatable bonds is 4. The van der Waals surface area contributed by atoms with Crippen LogP contribution >= 0.6 is 0 Å². The molecular formula is C29H28F3N5O3. The van der Waals surface area contributed by atoms with Crippen LogP contribution in [0.1, 0.15) is 41.3 Å². The summed E-state index contributed by atoms with van der Waals surface area (Å²) in [5, 5.41) is 11.1. The van der Waals surface area contributed by atoms with Gasteiger partial charge in [0.2, 0.25) is 5.91 Å². The van der Waals surface area contributed by atoms with Gasteiger partial charge in [0.1, 0.15) is 5.82 Å². The van der Waals surface area contributed by atoms with Gasteiger partial charge in [-0.2, -0.15) is 13.2 Å². The molecule has 40 heavy (non-hydrogen) atoms. The highest BCUT2D eigenvalue weighted by molar-refractivity contribution is 6.18. The Labute approximate surface area is 227 Å². The standard InChI is InChI=1S/C29H28F3N5O3/c1-36-12-10-28(27(36)40)9-2-11-37(15-28)26-22-19-8-7-18(13-21(19)35-23(22)20(14-34-26)25(33)39)16-3-5-17(6-4-16)24(38)29(30,31)32/h3-8,13-14,24,35,38H,2,9-12,15H2,1H3,(H2,33,39)/t24?,28-/m1/s1. The third-order valence-corrected chi connectivity index (χ3v) is 8.35. The molecule has 8 nitrogen and oxygen atoms in total. The number of anilines is 1. The summed E-state index contributed by atoms with van der Waals surface area (Å²) in [7, 11) is 1.83. The molecule has 0 aliphatic carbocycles. The number of fused-ring (bicyclic) bond motifs is 3. The number of pyridine rings is 1. The summed E-state index contributed by atoms with van der Waals surface area (Å²) in [5.74, 6) is 0.197. The SMILES string of the molecule is CN1CC[C@@]2(CCCN(c3ncc(C(N)=O)c4[nH]c5cc(-c6ccc(C(O)C(F)(F)F)cc6)ccc5c34)C2)C1=O. The fourth-order valence-corrected chi connectivity index (χ4v) is 6.23. The van der Waals surface area contributed by atoms with Gasteiger partial charge in [0.05, 0.1) is 21.9 Å². The van der Waals surface area contributed by atoms with Gasteiger partial charge >= 0.3 is 6.18 Å². The predicted octanol–water partition coefficient (Wildman–Crippen LogP) is 4.53. The van der Waals surface area contributed by atoms with Crippen molar-refractivity contribution in [3.05, 3.63) is 59.8 Å². The van der Waals surface area contributed by atoms with Crippen LogP contribution in [0.5, 0.6) is 0 Å². The first kappa shape index (κ1) is 26.1. The molecule has 2 aromatic carbocycles. The summed E-state index contributed by atoms with van der Waals surface area (Å²) in [6.45, 7) is 1.98. The number of primary amides is 1. The summed E-state index contributed by atoms with van der Waals surface area (Å²) in [5.41, 5.74) is 7.88. The zero-order chi connectivity index (χ0) is 28.4. The Morgan fingerprint density at radius 1 is 1.12 bits per heavy atom. The third kappa shape index (κ3) is 4.16. The number of nitrogens with one attached hydrogen (secondary N) is 1. The molecule has 0 saturated carbocycles. The largest absolute Gasteiger partial charge is 0.418 e. The number of likely N-dealkylation sites (tertiary alicyclic amines) is 1. The van der Waals surface area contributed by atoms with E-state index in [9.17, 15) is 27.9 Å². The molecule has 2 saturated heterocycles. The second-order valence-electron chi connectivity index (χ2n) is 10.8. The fourth-order valence-electron chi connectivity index (χ4n) is 6.23. The van der Waals surface area contributed by atoms with Crippen molar-refractivity contribution in [2.45, 2.75) is 31.5 Å². The molecule has 2 amide bonds. The van der Waals surface area contributed by atoms with E-state index in [1.165, 1.54) is 30.5 Å². The first-order valence-corrected chi connectivity index (χ1v) is 13.1. The van der Waals surface area contributed by atoms with E-state index in [0.717, 1.165) is 48.7 Å². The van der Waals surface area contributed by atoms with E-state index in [2.05, 4.69) is 14.9 Å². The molecule has 2 aliphatic rings. The number of nitrogens with two attached hydrogens (primary N) is 1. The summed E-state index contributed by atoms with van der Waals surface area (Å²) in [4.78, 5) is 37.2. The lowest BCUT2D eigenvalue weighted by molar-refractivity contribution is -0.206. The lowest BCUT2D eigenvalue weighted by atomic mass is 9.78. The average molecular weight is 552 g/mol. The number of benzene rings is 2. The monoisotopic (exact) mass is 551 g/mol. The second kappa shape index (κ2) is 9.22. The lowest BCUT2D eigenvalue weighted by Gasteiger charge is -2.39. The van der Waals surface area contributed by atoms with E-state index in [4.69, 9.17) is 5.73 Å². The Morgan fingerprint density at radius 3 is 2.50 bits per heavy atom. The van der Waals surface area contributed by atoms with Gasteiger partial charge < -0.3 is 25.6 Å². The van der Waals surface area contributed by atoms with Gasteiger partial charge in [0.25, 0.3) is 5.91 Å². The van der Waals surface area contributed by atoms with Gasteiger partial charge in [-0.25, -0.2) is 4.98 Å². The zero-order valence-corrected chi connectivity index (χ0v) is 21.8. The highest BCUT2D eigenvalue weighted by atomic mass is 19.4. The van der Waals surface area contributed by atoms with Gasteiger partial charge in [-0.15, -0.1) is 0 Å². The number of H-pyrrole nitrogens is 1. The number of aliphatic hydroxyl groups is 1. The molecule has 2 fully saturated rings. The van der Waals surface area contributed by atoms with Crippen LogP contribution in [0.4, 0.5) is 19.0 Å². The Bertz CT molecular complexity index is 1640. The van der Waals surface area contributed by atoms with Crippen molar-refractivity contribution in [3.63, 3.8) is 0 Å². The number of piperidine rings is 1. The highest BCUT2D eigenvalue weighted by Crippen LogP contribution is 2.43. The van der Waals surface area contributed by atoms with Crippen molar-refractivity contribution in [1.82, 2.24) is 14.9 Å². The van der Waals surface area contributed by atoms with Gasteiger partial charge in [0.15, 0.2) is 6.10 Å². The van der Waals surface area contributed by atoms with Gasteiger partial charge in [-0.3, -0.25) is 9.59 Å². The number of hydrogen-bond acceptors (Lipinski definition) is 5. The summed E-state index contributed by atoms with van der Waals surface area (Å²) < 4.78 is 38.7. The van der Waals surface area contributed by atoms with Crippen LogP contribution in [0.3, 0.4) is 0 Å². The molecule has 4 aromatic rings. The molecule has 2 atom stereocenters. The number of nitrogens with zero attached hydrogens (tertiary/aromatic N) is 3. The summed E-state index contributed by atoms with van der Waals surface area (Å²) >= 11 is 0. The van der Waals surface area contributed by atoms with Crippen molar-refractivity contribution in [3.8, 4) is 11.1 Å². The van der Waals surface area contributed by atoms with Gasteiger partial charge in [-0.05, 0) is 42.0 Å². The number of aliphatic hydroxyl groups excluding tert-OH is 1. The number of aromatic nitrogens is 2. The van der Waals surface area contributed by atoms with Crippen LogP contribution in [-0.4, -0.2) is 64.6 Å². The summed E-state index contributed by atoms with van der Waals surface area (Å²) in [6.07, 6.45) is -3.38. The molecule has 1 spiro atoms. The van der Waals surface area contributed by atoms with E-state index in [-0.39, 0.29) is 17.0 Å². The van der Waals surface area contributed by atoms with Crippen LogP contribution in [0.25, 0.3) is 32.9 Å². The van der Waals surface area contributed by atoms with Crippen molar-refractivity contribution in [1.29, 1.82) is 0 Å². The molecule has 4 heterocycles. The topological polar surface area (TPSA) is 116 Å². The van der Waals surface area contributed by atoms with E-state index in [1.807, 2.05) is 25.2 Å². The first-order valence-electron chi connectivity index (χ1n) is 13.1. The fraction of sp³-hybridized carbons (Fsp3) is 0.345. The molecule has 2 aliphatic heterocycles. The smallest absolute Gasteiger partial charge is 0.379 e. The highest BCUT2D eigenvalue weighted by Gasteiger charge is 2.48. The normalized spacial score (nSPS) is 20.7. The Kier molecular flexibility index (Phi) is 6.02. The number of carbonyl (C=O) groups excluding carboxylic acids is 2. The molecular weight excluding hydrogens is 523 g/mol. The second-order valence-corrected chi connectivity index (χ2v) is 10.8. The molecule has 2 aromatic heterocycles. The lowest BCUT2D eigenvalue weighted by Crippen LogP contribution is -2.47. The maximum Gasteiger partial charge on any atom is 0.418 e. The summed E-state index contributed by atoms with van der Waals surface area (Å²) in [6, 6.07) is 11.1. The Morgan fingerprint density at radius 2 is 1.85 bits per heavy atom. The van der Waals surface area contributed by atoms with E-state index in [1.54, 1.807) is 4.90 Å². The average Bonchev–Trinajstić information content (AvgIpc) is 3.44. The van der Waals surface area contributed by atoms with E-state index < -0.39 is 23.6 Å². The predicted molar refractivity (Wildman–Crippen MR) is 145 cm³/mol. The van der Waals surface area contributed by atoms with Crippen molar-refractivity contribution < 1.29 is 27.9 Å². The Hall–Kier alpha value is -4.12. The van der Waals surface area contributed by atoms with Crippen molar-refractivity contribution in [2.24, 2.45) is 11.1 Å². The van der Waals surface area contributed by atoms with Crippen molar-refractivity contribution >= 4 is 39.4 Å². The van der Waals surface area contributed by atoms with Crippen LogP contribution in [-0.2, 0) is 4.79 Å². The first-order chi connectivity index (χ1) is 19.0. The molecule has 0 radical (unpaired) electrons. The minimum atomic E-state index is -4.75. The number of carbonyl (C=O) groups is 2. The number of alkyl halides is 3. The van der Waals surface area contributed by atoms with E-state index >= 15 is 0 Å². The molecule has 4 N–H and O–H groups in total. The molecule has 1 unspecified atom stereocenters. The van der Waals surface area contributed by atoms with Crippen LogP contribution in [0.2, 0.25) is 0 Å².